The minimum Gasteiger partial charge on any atom is -0.507 e. The molecule has 0 fully saturated rings. The zero-order chi connectivity index (χ0) is 27.5. The molecule has 4 aromatic carbocycles. The van der Waals surface area contributed by atoms with Gasteiger partial charge in [0.15, 0.2) is 0 Å². The fraction of sp³-hybridized carbons (Fsp3) is 0.156. The summed E-state index contributed by atoms with van der Waals surface area (Å²) in [5, 5.41) is 15.8. The van der Waals surface area contributed by atoms with Crippen LogP contribution in [0.4, 0.5) is 0 Å². The van der Waals surface area contributed by atoms with E-state index in [9.17, 15) is 19.5 Å². The number of benzene rings is 4. The molecule has 3 N–H and O–H groups in total. The molecule has 4 rings (SSSR count). The summed E-state index contributed by atoms with van der Waals surface area (Å²) in [6.07, 6.45) is 0.638. The van der Waals surface area contributed by atoms with Crippen LogP contribution in [0.25, 0.3) is 0 Å². The molecular formula is C32H30N2O5. The molecule has 7 heteroatoms. The van der Waals surface area contributed by atoms with Crippen LogP contribution in [0.1, 0.15) is 31.8 Å². The van der Waals surface area contributed by atoms with Gasteiger partial charge in [0, 0.05) is 12.0 Å². The fourth-order valence-corrected chi connectivity index (χ4v) is 4.14. The molecular weight excluding hydrogens is 492 g/mol. The molecule has 0 aromatic heterocycles. The molecule has 2 amide bonds. The number of ether oxygens (including phenoxy) is 1. The lowest BCUT2D eigenvalue weighted by Crippen LogP contribution is -2.46. The van der Waals surface area contributed by atoms with Crippen molar-refractivity contribution in [1.29, 1.82) is 0 Å². The molecule has 198 valence electrons. The Morgan fingerprint density at radius 3 is 1.79 bits per heavy atom. The summed E-state index contributed by atoms with van der Waals surface area (Å²) in [5.74, 6) is -1.70. The van der Waals surface area contributed by atoms with Gasteiger partial charge in [0.25, 0.3) is 11.8 Å². The first-order chi connectivity index (χ1) is 19.0. The van der Waals surface area contributed by atoms with Gasteiger partial charge in [-0.25, -0.2) is 4.79 Å². The van der Waals surface area contributed by atoms with Crippen LogP contribution in [0.5, 0.6) is 5.75 Å². The van der Waals surface area contributed by atoms with Gasteiger partial charge < -0.3 is 20.5 Å². The summed E-state index contributed by atoms with van der Waals surface area (Å²) in [5.41, 5.74) is 2.36. The minimum absolute atomic E-state index is 0.0560. The Kier molecular flexibility index (Phi) is 9.45. The second kappa shape index (κ2) is 13.6. The van der Waals surface area contributed by atoms with Crippen LogP contribution in [0.2, 0.25) is 0 Å². The highest BCUT2D eigenvalue weighted by Gasteiger charge is 2.26. The summed E-state index contributed by atoms with van der Waals surface area (Å²) < 4.78 is 5.68. The van der Waals surface area contributed by atoms with Gasteiger partial charge in [0.2, 0.25) is 0 Å². The van der Waals surface area contributed by atoms with Crippen LogP contribution in [-0.2, 0) is 22.4 Å². The SMILES string of the molecule is O=C(N[C@@H](COC(=O)[C@H](Cc1ccccc1)NC(=O)c1ccccc1O)Cc1ccccc1)c1ccccc1. The highest BCUT2D eigenvalue weighted by Crippen LogP contribution is 2.16. The number of hydrogen-bond acceptors (Lipinski definition) is 5. The van der Waals surface area contributed by atoms with Gasteiger partial charge in [-0.3, -0.25) is 9.59 Å². The van der Waals surface area contributed by atoms with Crippen LogP contribution >= 0.6 is 0 Å². The van der Waals surface area contributed by atoms with Crippen LogP contribution in [-0.4, -0.2) is 41.6 Å². The van der Waals surface area contributed by atoms with E-state index in [1.54, 1.807) is 36.4 Å². The topological polar surface area (TPSA) is 105 Å². The maximum absolute atomic E-state index is 13.3. The normalized spacial score (nSPS) is 12.1. The first kappa shape index (κ1) is 27.1. The Labute approximate surface area is 227 Å². The lowest BCUT2D eigenvalue weighted by molar-refractivity contribution is -0.146. The van der Waals surface area contributed by atoms with Gasteiger partial charge >= 0.3 is 5.97 Å². The van der Waals surface area contributed by atoms with Crippen molar-refractivity contribution in [3.63, 3.8) is 0 Å². The largest absolute Gasteiger partial charge is 0.507 e. The minimum atomic E-state index is -1.01. The number of hydrogen-bond donors (Lipinski definition) is 3. The average Bonchev–Trinajstić information content (AvgIpc) is 2.97. The molecule has 0 saturated heterocycles. The zero-order valence-electron chi connectivity index (χ0n) is 21.3. The zero-order valence-corrected chi connectivity index (χ0v) is 21.3. The van der Waals surface area contributed by atoms with Crippen molar-refractivity contribution in [2.24, 2.45) is 0 Å². The first-order valence-corrected chi connectivity index (χ1v) is 12.7. The Morgan fingerprint density at radius 1 is 0.641 bits per heavy atom. The summed E-state index contributed by atoms with van der Waals surface area (Å²) in [7, 11) is 0. The maximum Gasteiger partial charge on any atom is 0.329 e. The van der Waals surface area contributed by atoms with Gasteiger partial charge in [-0.1, -0.05) is 91.0 Å². The summed E-state index contributed by atoms with van der Waals surface area (Å²) in [6.45, 7) is -0.0932. The van der Waals surface area contributed by atoms with Crippen molar-refractivity contribution < 1.29 is 24.2 Å². The van der Waals surface area contributed by atoms with E-state index in [1.165, 1.54) is 12.1 Å². The number of phenols is 1. The molecule has 0 aliphatic carbocycles. The second-order valence-corrected chi connectivity index (χ2v) is 9.09. The van der Waals surface area contributed by atoms with E-state index in [1.807, 2.05) is 66.7 Å². The van der Waals surface area contributed by atoms with Crippen LogP contribution in [0, 0.1) is 0 Å². The Hall–Kier alpha value is -4.91. The average molecular weight is 523 g/mol. The third-order valence-electron chi connectivity index (χ3n) is 6.14. The van der Waals surface area contributed by atoms with Crippen molar-refractivity contribution in [1.82, 2.24) is 10.6 Å². The quantitative estimate of drug-likeness (QED) is 0.255. The number of aromatic hydroxyl groups is 1. The van der Waals surface area contributed by atoms with E-state index >= 15 is 0 Å². The molecule has 39 heavy (non-hydrogen) atoms. The molecule has 4 aromatic rings. The Balaban J connectivity index is 1.49. The number of esters is 1. The van der Waals surface area contributed by atoms with E-state index in [0.717, 1.165) is 11.1 Å². The Bertz CT molecular complexity index is 1380. The van der Waals surface area contributed by atoms with Gasteiger partial charge in [-0.15, -0.1) is 0 Å². The Morgan fingerprint density at radius 2 is 1.18 bits per heavy atom. The van der Waals surface area contributed by atoms with E-state index < -0.39 is 24.0 Å². The third kappa shape index (κ3) is 8.04. The molecule has 0 aliphatic rings. The van der Waals surface area contributed by atoms with Crippen molar-refractivity contribution in [2.45, 2.75) is 24.9 Å². The number of carbonyl (C=O) groups excluding carboxylic acids is 3. The lowest BCUT2D eigenvalue weighted by Gasteiger charge is -2.22. The van der Waals surface area contributed by atoms with Crippen molar-refractivity contribution >= 4 is 17.8 Å². The predicted molar refractivity (Wildman–Crippen MR) is 148 cm³/mol. The van der Waals surface area contributed by atoms with Crippen molar-refractivity contribution in [2.75, 3.05) is 6.61 Å². The molecule has 0 saturated carbocycles. The maximum atomic E-state index is 13.3. The van der Waals surface area contributed by atoms with E-state index in [4.69, 9.17) is 4.74 Å². The highest BCUT2D eigenvalue weighted by molar-refractivity contribution is 5.99. The van der Waals surface area contributed by atoms with Gasteiger partial charge in [-0.2, -0.15) is 0 Å². The van der Waals surface area contributed by atoms with E-state index in [2.05, 4.69) is 10.6 Å². The smallest absolute Gasteiger partial charge is 0.329 e. The molecule has 0 aliphatic heterocycles. The summed E-state index contributed by atoms with van der Waals surface area (Å²) in [6, 6.07) is 32.3. The fourth-order valence-electron chi connectivity index (χ4n) is 4.14. The third-order valence-corrected chi connectivity index (χ3v) is 6.14. The molecule has 0 radical (unpaired) electrons. The van der Waals surface area contributed by atoms with Gasteiger partial charge in [0.05, 0.1) is 11.6 Å². The van der Waals surface area contributed by atoms with Gasteiger partial charge in [0.1, 0.15) is 18.4 Å². The number of rotatable bonds is 11. The predicted octanol–water partition coefficient (Wildman–Crippen LogP) is 4.32. The number of para-hydroxylation sites is 1. The highest BCUT2D eigenvalue weighted by atomic mass is 16.5. The number of nitrogens with one attached hydrogen (secondary N) is 2. The van der Waals surface area contributed by atoms with Crippen molar-refractivity contribution in [3.05, 3.63) is 138 Å². The lowest BCUT2D eigenvalue weighted by atomic mass is 10.0. The first-order valence-electron chi connectivity index (χ1n) is 12.7. The number of phenolic OH excluding ortho intramolecular Hbond substituents is 1. The molecule has 0 heterocycles. The van der Waals surface area contributed by atoms with E-state index in [-0.39, 0.29) is 30.2 Å². The summed E-state index contributed by atoms with van der Waals surface area (Å²) in [4.78, 5) is 39.1. The molecule has 0 bridgehead atoms. The molecule has 0 spiro atoms. The number of amides is 2. The molecule has 7 nitrogen and oxygen atoms in total. The van der Waals surface area contributed by atoms with Gasteiger partial charge in [-0.05, 0) is 41.8 Å². The van der Waals surface area contributed by atoms with Crippen LogP contribution < -0.4 is 10.6 Å². The van der Waals surface area contributed by atoms with Crippen LogP contribution in [0.3, 0.4) is 0 Å². The van der Waals surface area contributed by atoms with Crippen molar-refractivity contribution in [3.8, 4) is 5.75 Å². The van der Waals surface area contributed by atoms with Crippen LogP contribution in [0.15, 0.2) is 115 Å². The summed E-state index contributed by atoms with van der Waals surface area (Å²) >= 11 is 0. The second-order valence-electron chi connectivity index (χ2n) is 9.09. The molecule has 0 unspecified atom stereocenters. The van der Waals surface area contributed by atoms with E-state index in [0.29, 0.717) is 12.0 Å². The number of carbonyl (C=O) groups is 3. The molecule has 2 atom stereocenters. The standard InChI is InChI=1S/C32H30N2O5/c35-29-19-11-10-18-27(29)31(37)34-28(21-24-14-6-2-7-15-24)32(38)39-22-26(20-23-12-4-1-5-13-23)33-30(36)25-16-8-3-9-17-25/h1-19,26,28,35H,20-22H2,(H,33,36)(H,34,37)/t26-,28+/m1/s1. The monoisotopic (exact) mass is 522 g/mol.